The Labute approximate surface area is 150 Å². The zero-order chi connectivity index (χ0) is 19.5. The summed E-state index contributed by atoms with van der Waals surface area (Å²) in [4.78, 5) is 8.90. The molecular weight excluding hydrogens is 347 g/mol. The Morgan fingerprint density at radius 3 is 2.19 bits per heavy atom. The number of aromatic nitrogens is 2. The molecule has 1 heterocycles. The van der Waals surface area contributed by atoms with Gasteiger partial charge in [-0.25, -0.2) is 4.98 Å². The molecule has 1 aromatic carbocycles. The van der Waals surface area contributed by atoms with Crippen LogP contribution < -0.4 is 14.4 Å². The van der Waals surface area contributed by atoms with Gasteiger partial charge in [0.25, 0.3) is 0 Å². The lowest BCUT2D eigenvalue weighted by atomic mass is 10.2. The number of alkyl halides is 3. The summed E-state index contributed by atoms with van der Waals surface area (Å²) in [6, 6.07) is 6.65. The third-order valence-corrected chi connectivity index (χ3v) is 3.29. The molecule has 1 aromatic heterocycles. The summed E-state index contributed by atoms with van der Waals surface area (Å²) in [6.07, 6.45) is -3.84. The fourth-order valence-corrected chi connectivity index (χ4v) is 2.23. The highest BCUT2D eigenvalue weighted by Crippen LogP contribution is 2.38. The van der Waals surface area contributed by atoms with Crippen molar-refractivity contribution in [2.45, 2.75) is 39.5 Å². The molecule has 0 saturated carbocycles. The molecule has 0 atom stereocenters. The molecule has 142 valence electrons. The number of ether oxygens (including phenoxy) is 2. The number of hydrogen-bond donors (Lipinski definition) is 0. The van der Waals surface area contributed by atoms with Crippen LogP contribution in [0.25, 0.3) is 0 Å². The first-order chi connectivity index (χ1) is 12.0. The summed E-state index contributed by atoms with van der Waals surface area (Å²) in [5, 5.41) is 0. The Morgan fingerprint density at radius 1 is 1.08 bits per heavy atom. The van der Waals surface area contributed by atoms with E-state index in [0.717, 1.165) is 6.20 Å². The first-order valence-corrected chi connectivity index (χ1v) is 8.11. The number of rotatable bonds is 5. The van der Waals surface area contributed by atoms with Gasteiger partial charge in [-0.2, -0.15) is 18.2 Å². The summed E-state index contributed by atoms with van der Waals surface area (Å²) < 4.78 is 50.8. The minimum atomic E-state index is -4.58. The Hall–Kier alpha value is -2.51. The van der Waals surface area contributed by atoms with E-state index in [1.807, 2.05) is 20.8 Å². The number of nitrogens with zero attached hydrogens (tertiary/aromatic N) is 3. The topological polar surface area (TPSA) is 47.5 Å². The molecule has 0 unspecified atom stereocenters. The second-order valence-electron chi connectivity index (χ2n) is 6.59. The van der Waals surface area contributed by atoms with Gasteiger partial charge < -0.3 is 14.4 Å². The SMILES string of the molecule is CCOc1ncc(C(F)(F)F)c(N(C)c2ccc(OC(C)(C)C)cc2)n1. The predicted molar refractivity (Wildman–Crippen MR) is 93.1 cm³/mol. The van der Waals surface area contributed by atoms with E-state index in [4.69, 9.17) is 9.47 Å². The monoisotopic (exact) mass is 369 g/mol. The van der Waals surface area contributed by atoms with Crippen molar-refractivity contribution in [1.29, 1.82) is 0 Å². The van der Waals surface area contributed by atoms with Crippen LogP contribution >= 0.6 is 0 Å². The Bertz CT molecular complexity index is 741. The van der Waals surface area contributed by atoms with Gasteiger partial charge in [0, 0.05) is 18.9 Å². The van der Waals surface area contributed by atoms with E-state index < -0.39 is 11.7 Å². The van der Waals surface area contributed by atoms with Crippen molar-refractivity contribution in [3.05, 3.63) is 36.0 Å². The highest BCUT2D eigenvalue weighted by Gasteiger charge is 2.36. The van der Waals surface area contributed by atoms with E-state index in [1.54, 1.807) is 31.2 Å². The molecule has 0 aliphatic carbocycles. The molecule has 2 aromatic rings. The van der Waals surface area contributed by atoms with Crippen molar-refractivity contribution in [2.24, 2.45) is 0 Å². The van der Waals surface area contributed by atoms with Crippen LogP contribution in [0.15, 0.2) is 30.5 Å². The quantitative estimate of drug-likeness (QED) is 0.755. The Kier molecular flexibility index (Phi) is 5.63. The van der Waals surface area contributed by atoms with Crippen molar-refractivity contribution in [2.75, 3.05) is 18.6 Å². The highest BCUT2D eigenvalue weighted by atomic mass is 19.4. The number of anilines is 2. The molecular formula is C18H22F3N3O2. The molecule has 0 spiro atoms. The summed E-state index contributed by atoms with van der Waals surface area (Å²) >= 11 is 0. The van der Waals surface area contributed by atoms with Crippen LogP contribution in [-0.4, -0.2) is 29.2 Å². The van der Waals surface area contributed by atoms with E-state index >= 15 is 0 Å². The van der Waals surface area contributed by atoms with E-state index in [1.165, 1.54) is 11.9 Å². The minimum absolute atomic E-state index is 0.102. The number of hydrogen-bond acceptors (Lipinski definition) is 5. The molecule has 0 fully saturated rings. The Morgan fingerprint density at radius 2 is 1.69 bits per heavy atom. The van der Waals surface area contributed by atoms with Crippen LogP contribution in [0.1, 0.15) is 33.3 Å². The molecule has 0 aliphatic heterocycles. The summed E-state index contributed by atoms with van der Waals surface area (Å²) in [5.41, 5.74) is -0.771. The van der Waals surface area contributed by atoms with Crippen LogP contribution in [0.3, 0.4) is 0 Å². The molecule has 0 saturated heterocycles. The van der Waals surface area contributed by atoms with Gasteiger partial charge in [-0.1, -0.05) is 0 Å². The number of benzene rings is 1. The normalized spacial score (nSPS) is 12.0. The lowest BCUT2D eigenvalue weighted by Gasteiger charge is -2.24. The average Bonchev–Trinajstić information content (AvgIpc) is 2.52. The van der Waals surface area contributed by atoms with Crippen LogP contribution in [0.2, 0.25) is 0 Å². The van der Waals surface area contributed by atoms with E-state index in [9.17, 15) is 13.2 Å². The summed E-state index contributed by atoms with van der Waals surface area (Å²) in [5.74, 6) is 0.351. The molecule has 2 rings (SSSR count). The van der Waals surface area contributed by atoms with Gasteiger partial charge in [-0.15, -0.1) is 0 Å². The van der Waals surface area contributed by atoms with Crippen LogP contribution in [-0.2, 0) is 6.18 Å². The molecule has 0 amide bonds. The third-order valence-electron chi connectivity index (χ3n) is 3.29. The molecule has 0 bridgehead atoms. The average molecular weight is 369 g/mol. The molecule has 0 aliphatic rings. The van der Waals surface area contributed by atoms with Crippen molar-refractivity contribution in [3.63, 3.8) is 0 Å². The smallest absolute Gasteiger partial charge is 0.421 e. The molecule has 26 heavy (non-hydrogen) atoms. The van der Waals surface area contributed by atoms with Gasteiger partial charge in [-0.3, -0.25) is 0 Å². The van der Waals surface area contributed by atoms with Crippen molar-refractivity contribution in [1.82, 2.24) is 9.97 Å². The van der Waals surface area contributed by atoms with E-state index in [2.05, 4.69) is 9.97 Å². The highest BCUT2D eigenvalue weighted by molar-refractivity contribution is 5.63. The lowest BCUT2D eigenvalue weighted by Crippen LogP contribution is -2.23. The van der Waals surface area contributed by atoms with E-state index in [-0.39, 0.29) is 24.0 Å². The van der Waals surface area contributed by atoms with E-state index in [0.29, 0.717) is 11.4 Å². The van der Waals surface area contributed by atoms with Gasteiger partial charge in [0.1, 0.15) is 16.9 Å². The predicted octanol–water partition coefficient (Wildman–Crippen LogP) is 4.84. The second-order valence-corrected chi connectivity index (χ2v) is 6.59. The zero-order valence-corrected chi connectivity index (χ0v) is 15.4. The van der Waals surface area contributed by atoms with Gasteiger partial charge in [0.15, 0.2) is 5.82 Å². The summed E-state index contributed by atoms with van der Waals surface area (Å²) in [6.45, 7) is 7.71. The molecule has 5 nitrogen and oxygen atoms in total. The van der Waals surface area contributed by atoms with Crippen molar-refractivity contribution in [3.8, 4) is 11.8 Å². The first-order valence-electron chi connectivity index (χ1n) is 8.11. The van der Waals surface area contributed by atoms with Crippen molar-refractivity contribution >= 4 is 11.5 Å². The largest absolute Gasteiger partial charge is 0.488 e. The maximum atomic E-state index is 13.3. The van der Waals surface area contributed by atoms with Crippen molar-refractivity contribution < 1.29 is 22.6 Å². The molecule has 0 N–H and O–H groups in total. The third kappa shape index (κ3) is 5.00. The summed E-state index contributed by atoms with van der Waals surface area (Å²) in [7, 11) is 1.51. The van der Waals surface area contributed by atoms with Crippen LogP contribution in [0.5, 0.6) is 11.8 Å². The molecule has 8 heteroatoms. The Balaban J connectivity index is 2.38. The second kappa shape index (κ2) is 7.39. The van der Waals surface area contributed by atoms with Crippen LogP contribution in [0.4, 0.5) is 24.7 Å². The van der Waals surface area contributed by atoms with Gasteiger partial charge in [0.05, 0.1) is 6.61 Å². The standard InChI is InChI=1S/C18H22F3N3O2/c1-6-25-16-22-11-14(18(19,20)21)15(23-16)24(5)12-7-9-13(10-8-12)26-17(2,3)4/h7-11H,6H2,1-5H3. The van der Waals surface area contributed by atoms with Crippen LogP contribution in [0, 0.1) is 0 Å². The minimum Gasteiger partial charge on any atom is -0.488 e. The van der Waals surface area contributed by atoms with Gasteiger partial charge in [-0.05, 0) is 52.0 Å². The zero-order valence-electron chi connectivity index (χ0n) is 15.4. The van der Waals surface area contributed by atoms with Gasteiger partial charge in [0.2, 0.25) is 0 Å². The van der Waals surface area contributed by atoms with Gasteiger partial charge >= 0.3 is 12.2 Å². The fourth-order valence-electron chi connectivity index (χ4n) is 2.23. The number of halogens is 3. The lowest BCUT2D eigenvalue weighted by molar-refractivity contribution is -0.137. The maximum Gasteiger partial charge on any atom is 0.421 e. The maximum absolute atomic E-state index is 13.3. The first kappa shape index (κ1) is 19.8. The molecule has 0 radical (unpaired) electrons. The fraction of sp³-hybridized carbons (Fsp3) is 0.444.